The van der Waals surface area contributed by atoms with Gasteiger partial charge in [0, 0.05) is 11.1 Å². The number of rotatable bonds is 1. The molecule has 4 nitrogen and oxygen atoms in total. The lowest BCUT2D eigenvalue weighted by Crippen LogP contribution is -2.14. The SMILES string of the molecule is O=c1[nH]c2cc(O)ccc2n1-c1cccc(Cl)c1. The van der Waals surface area contributed by atoms with Gasteiger partial charge < -0.3 is 10.1 Å². The molecule has 2 N–H and O–H groups in total. The quantitative estimate of drug-likeness (QED) is 0.707. The van der Waals surface area contributed by atoms with Crippen LogP contribution in [-0.2, 0) is 0 Å². The number of H-pyrrole nitrogens is 1. The fraction of sp³-hybridized carbons (Fsp3) is 0. The van der Waals surface area contributed by atoms with Gasteiger partial charge in [-0.05, 0) is 30.3 Å². The minimum absolute atomic E-state index is 0.113. The van der Waals surface area contributed by atoms with Gasteiger partial charge in [-0.25, -0.2) is 4.79 Å². The van der Waals surface area contributed by atoms with Gasteiger partial charge >= 0.3 is 5.69 Å². The first-order valence-corrected chi connectivity index (χ1v) is 5.72. The highest BCUT2D eigenvalue weighted by Crippen LogP contribution is 2.21. The molecule has 0 atom stereocenters. The molecule has 0 aliphatic heterocycles. The number of benzene rings is 2. The Bertz CT molecular complexity index is 789. The molecule has 0 fully saturated rings. The van der Waals surface area contributed by atoms with Crippen LogP contribution in [0.1, 0.15) is 0 Å². The first kappa shape index (κ1) is 10.9. The molecule has 0 unspecified atom stereocenters. The van der Waals surface area contributed by atoms with Crippen LogP contribution in [0.4, 0.5) is 0 Å². The highest BCUT2D eigenvalue weighted by atomic mass is 35.5. The third-order valence-corrected chi connectivity index (χ3v) is 2.97. The number of phenolic OH excluding ortho intramolecular Hbond substituents is 1. The lowest BCUT2D eigenvalue weighted by molar-refractivity contribution is 0.476. The molecular weight excluding hydrogens is 252 g/mol. The van der Waals surface area contributed by atoms with Crippen LogP contribution in [0.3, 0.4) is 0 Å². The Labute approximate surface area is 107 Å². The number of nitrogens with zero attached hydrogens (tertiary/aromatic N) is 1. The molecule has 0 saturated heterocycles. The smallest absolute Gasteiger partial charge is 0.331 e. The molecule has 0 spiro atoms. The number of hydrogen-bond acceptors (Lipinski definition) is 2. The van der Waals surface area contributed by atoms with Gasteiger partial charge in [-0.3, -0.25) is 4.57 Å². The number of hydrogen-bond donors (Lipinski definition) is 2. The molecule has 0 bridgehead atoms. The summed E-state index contributed by atoms with van der Waals surface area (Å²) in [5.74, 6) is 0.113. The lowest BCUT2D eigenvalue weighted by Gasteiger charge is -2.03. The van der Waals surface area contributed by atoms with Gasteiger partial charge in [-0.1, -0.05) is 17.7 Å². The number of aromatic hydroxyl groups is 1. The number of aromatic amines is 1. The van der Waals surface area contributed by atoms with E-state index in [1.807, 2.05) is 0 Å². The van der Waals surface area contributed by atoms with Crippen molar-refractivity contribution in [3.63, 3.8) is 0 Å². The Hall–Kier alpha value is -2.20. The van der Waals surface area contributed by atoms with Crippen LogP contribution in [0.25, 0.3) is 16.7 Å². The van der Waals surface area contributed by atoms with Crippen LogP contribution in [-0.4, -0.2) is 14.7 Å². The van der Waals surface area contributed by atoms with Crippen molar-refractivity contribution in [2.45, 2.75) is 0 Å². The molecule has 0 aliphatic carbocycles. The summed E-state index contributed by atoms with van der Waals surface area (Å²) < 4.78 is 1.51. The van der Waals surface area contributed by atoms with E-state index in [1.54, 1.807) is 30.3 Å². The standard InChI is InChI=1S/C13H9ClN2O2/c14-8-2-1-3-9(6-8)16-12-5-4-10(17)7-11(12)15-13(16)18/h1-7,17H,(H,15,18). The Morgan fingerprint density at radius 1 is 1.17 bits per heavy atom. The predicted octanol–water partition coefficient (Wildman–Crippen LogP) is 2.68. The van der Waals surface area contributed by atoms with Gasteiger partial charge in [0.2, 0.25) is 0 Å². The molecule has 3 rings (SSSR count). The second kappa shape index (κ2) is 3.92. The van der Waals surface area contributed by atoms with E-state index in [4.69, 9.17) is 11.6 Å². The molecule has 0 aliphatic rings. The summed E-state index contributed by atoms with van der Waals surface area (Å²) in [4.78, 5) is 14.6. The second-order valence-corrected chi connectivity index (χ2v) is 4.38. The highest BCUT2D eigenvalue weighted by Gasteiger charge is 2.09. The van der Waals surface area contributed by atoms with Crippen molar-refractivity contribution < 1.29 is 5.11 Å². The zero-order valence-corrected chi connectivity index (χ0v) is 9.98. The summed E-state index contributed by atoms with van der Waals surface area (Å²) in [6.45, 7) is 0. The zero-order valence-electron chi connectivity index (χ0n) is 9.22. The molecule has 1 heterocycles. The third kappa shape index (κ3) is 1.67. The maximum absolute atomic E-state index is 11.9. The van der Waals surface area contributed by atoms with E-state index in [0.29, 0.717) is 21.7 Å². The van der Waals surface area contributed by atoms with E-state index in [-0.39, 0.29) is 11.4 Å². The summed E-state index contributed by atoms with van der Waals surface area (Å²) in [5, 5.41) is 9.96. The van der Waals surface area contributed by atoms with Crippen molar-refractivity contribution in [3.05, 3.63) is 58.0 Å². The molecule has 0 saturated carbocycles. The maximum Gasteiger partial charge on any atom is 0.331 e. The molecule has 1 aromatic heterocycles. The first-order chi connectivity index (χ1) is 8.65. The number of aromatic nitrogens is 2. The number of imidazole rings is 1. The number of phenols is 1. The molecule has 2 aromatic carbocycles. The van der Waals surface area contributed by atoms with Crippen molar-refractivity contribution in [2.75, 3.05) is 0 Å². The molecule has 0 radical (unpaired) electrons. The zero-order chi connectivity index (χ0) is 12.7. The van der Waals surface area contributed by atoms with E-state index >= 15 is 0 Å². The molecule has 0 amide bonds. The van der Waals surface area contributed by atoms with Crippen molar-refractivity contribution in [1.82, 2.24) is 9.55 Å². The lowest BCUT2D eigenvalue weighted by atomic mass is 10.2. The van der Waals surface area contributed by atoms with Crippen LogP contribution in [0, 0.1) is 0 Å². The number of nitrogens with one attached hydrogen (secondary N) is 1. The topological polar surface area (TPSA) is 58.0 Å². The van der Waals surface area contributed by atoms with Crippen molar-refractivity contribution in [3.8, 4) is 11.4 Å². The van der Waals surface area contributed by atoms with Crippen LogP contribution in [0.15, 0.2) is 47.3 Å². The van der Waals surface area contributed by atoms with Crippen LogP contribution < -0.4 is 5.69 Å². The van der Waals surface area contributed by atoms with E-state index in [0.717, 1.165) is 0 Å². The van der Waals surface area contributed by atoms with E-state index in [9.17, 15) is 9.90 Å². The molecule has 90 valence electrons. The maximum atomic E-state index is 11.9. The number of fused-ring (bicyclic) bond motifs is 1. The van der Waals surface area contributed by atoms with Gasteiger partial charge in [-0.2, -0.15) is 0 Å². The van der Waals surface area contributed by atoms with E-state index in [2.05, 4.69) is 4.98 Å². The van der Waals surface area contributed by atoms with Crippen LogP contribution >= 0.6 is 11.6 Å². The average Bonchev–Trinajstić information content (AvgIpc) is 2.64. The fourth-order valence-electron chi connectivity index (χ4n) is 1.97. The molecular formula is C13H9ClN2O2. The second-order valence-electron chi connectivity index (χ2n) is 3.95. The largest absolute Gasteiger partial charge is 0.508 e. The highest BCUT2D eigenvalue weighted by molar-refractivity contribution is 6.30. The predicted molar refractivity (Wildman–Crippen MR) is 70.6 cm³/mol. The first-order valence-electron chi connectivity index (χ1n) is 5.35. The third-order valence-electron chi connectivity index (χ3n) is 2.73. The summed E-state index contributed by atoms with van der Waals surface area (Å²) in [7, 11) is 0. The summed E-state index contributed by atoms with van der Waals surface area (Å²) in [6, 6.07) is 11.8. The minimum Gasteiger partial charge on any atom is -0.508 e. The van der Waals surface area contributed by atoms with Gasteiger partial charge in [0.05, 0.1) is 16.7 Å². The van der Waals surface area contributed by atoms with Gasteiger partial charge in [0.15, 0.2) is 0 Å². The van der Waals surface area contributed by atoms with Crippen molar-refractivity contribution in [2.24, 2.45) is 0 Å². The molecule has 18 heavy (non-hydrogen) atoms. The van der Waals surface area contributed by atoms with E-state index < -0.39 is 0 Å². The Morgan fingerprint density at radius 3 is 2.78 bits per heavy atom. The van der Waals surface area contributed by atoms with Crippen molar-refractivity contribution in [1.29, 1.82) is 0 Å². The van der Waals surface area contributed by atoms with Gasteiger partial charge in [-0.15, -0.1) is 0 Å². The van der Waals surface area contributed by atoms with Gasteiger partial charge in [0.1, 0.15) is 5.75 Å². The Kier molecular flexibility index (Phi) is 2.38. The van der Waals surface area contributed by atoms with Gasteiger partial charge in [0.25, 0.3) is 0 Å². The van der Waals surface area contributed by atoms with Crippen molar-refractivity contribution >= 4 is 22.6 Å². The van der Waals surface area contributed by atoms with E-state index in [1.165, 1.54) is 16.7 Å². The van der Waals surface area contributed by atoms with Crippen LogP contribution in [0.5, 0.6) is 5.75 Å². The summed E-state index contributed by atoms with van der Waals surface area (Å²) in [5.41, 5.74) is 1.70. The number of halogens is 1. The fourth-order valence-corrected chi connectivity index (χ4v) is 2.16. The summed E-state index contributed by atoms with van der Waals surface area (Å²) in [6.07, 6.45) is 0. The Morgan fingerprint density at radius 2 is 2.00 bits per heavy atom. The summed E-state index contributed by atoms with van der Waals surface area (Å²) >= 11 is 5.92. The monoisotopic (exact) mass is 260 g/mol. The minimum atomic E-state index is -0.266. The van der Waals surface area contributed by atoms with Crippen LogP contribution in [0.2, 0.25) is 5.02 Å². The average molecular weight is 261 g/mol. The Balaban J connectivity index is 2.35. The molecule has 3 aromatic rings. The normalized spacial score (nSPS) is 10.9. The molecule has 5 heteroatoms.